The third kappa shape index (κ3) is 5.22. The fourth-order valence-electron chi connectivity index (χ4n) is 1.98. The molecule has 0 saturated carbocycles. The molecule has 2 rings (SSSR count). The fraction of sp³-hybridized carbons (Fsp3) is 0.167. The molecule has 1 N–H and O–H groups in total. The van der Waals surface area contributed by atoms with Gasteiger partial charge in [-0.3, -0.25) is 4.79 Å². The molecule has 0 saturated heterocycles. The van der Waals surface area contributed by atoms with E-state index in [-0.39, 0.29) is 5.91 Å². The molecule has 0 fully saturated rings. The second-order valence-electron chi connectivity index (χ2n) is 4.87. The lowest BCUT2D eigenvalue weighted by molar-refractivity contribution is -0.121. The van der Waals surface area contributed by atoms with Crippen molar-refractivity contribution >= 4 is 12.1 Å². The molecule has 0 atom stereocenters. The molecule has 0 heterocycles. The van der Waals surface area contributed by atoms with E-state index in [2.05, 4.69) is 28.7 Å². The van der Waals surface area contributed by atoms with E-state index in [1.165, 1.54) is 5.56 Å². The summed E-state index contributed by atoms with van der Waals surface area (Å²) in [6.07, 6.45) is 3.69. The molecule has 1 amide bonds. The van der Waals surface area contributed by atoms with Crippen LogP contribution in [0.2, 0.25) is 0 Å². The third-order valence-corrected chi connectivity index (χ3v) is 3.15. The zero-order valence-electron chi connectivity index (χ0n) is 12.2. The van der Waals surface area contributed by atoms with Crippen molar-refractivity contribution < 1.29 is 4.79 Å². The van der Waals surface area contributed by atoms with Gasteiger partial charge in [-0.25, -0.2) is 5.43 Å². The number of carbonyl (C=O) groups is 1. The van der Waals surface area contributed by atoms with Crippen LogP contribution >= 0.6 is 0 Å². The minimum absolute atomic E-state index is 0.0965. The van der Waals surface area contributed by atoms with E-state index in [1.54, 1.807) is 30.5 Å². The van der Waals surface area contributed by atoms with E-state index in [4.69, 9.17) is 5.26 Å². The van der Waals surface area contributed by atoms with E-state index in [0.717, 1.165) is 18.4 Å². The fourth-order valence-corrected chi connectivity index (χ4v) is 1.98. The number of benzene rings is 2. The molecular weight excluding hydrogens is 274 g/mol. The summed E-state index contributed by atoms with van der Waals surface area (Å²) >= 11 is 0. The maximum atomic E-state index is 11.7. The Morgan fingerprint density at radius 3 is 2.55 bits per heavy atom. The van der Waals surface area contributed by atoms with Gasteiger partial charge in [0.05, 0.1) is 17.8 Å². The summed E-state index contributed by atoms with van der Waals surface area (Å²) in [5.74, 6) is -0.0965. The Labute approximate surface area is 130 Å². The smallest absolute Gasteiger partial charge is 0.240 e. The lowest BCUT2D eigenvalue weighted by atomic mass is 10.1. The molecular formula is C18H17N3O. The van der Waals surface area contributed by atoms with Crippen LogP contribution < -0.4 is 5.43 Å². The van der Waals surface area contributed by atoms with Gasteiger partial charge in [0, 0.05) is 6.42 Å². The van der Waals surface area contributed by atoms with Crippen LogP contribution in [-0.2, 0) is 11.2 Å². The van der Waals surface area contributed by atoms with Crippen LogP contribution in [-0.4, -0.2) is 12.1 Å². The van der Waals surface area contributed by atoms with Crippen molar-refractivity contribution in [2.75, 3.05) is 0 Å². The van der Waals surface area contributed by atoms with Crippen LogP contribution in [0.5, 0.6) is 0 Å². The van der Waals surface area contributed by atoms with Gasteiger partial charge in [0.1, 0.15) is 0 Å². The molecule has 4 heteroatoms. The highest BCUT2D eigenvalue weighted by molar-refractivity contribution is 5.82. The van der Waals surface area contributed by atoms with Crippen molar-refractivity contribution in [2.45, 2.75) is 19.3 Å². The molecule has 0 unspecified atom stereocenters. The third-order valence-electron chi connectivity index (χ3n) is 3.15. The Hall–Kier alpha value is -2.93. The molecule has 110 valence electrons. The van der Waals surface area contributed by atoms with Gasteiger partial charge in [-0.1, -0.05) is 42.5 Å². The van der Waals surface area contributed by atoms with Crippen LogP contribution in [0.3, 0.4) is 0 Å². The molecule has 0 radical (unpaired) electrons. The summed E-state index contributed by atoms with van der Waals surface area (Å²) in [5, 5.41) is 12.6. The first-order chi connectivity index (χ1) is 10.8. The number of hydrazone groups is 1. The predicted octanol–water partition coefficient (Wildman–Crippen LogP) is 3.03. The highest BCUT2D eigenvalue weighted by Gasteiger charge is 2.00. The van der Waals surface area contributed by atoms with Crippen LogP contribution in [0.1, 0.15) is 29.5 Å². The first-order valence-electron chi connectivity index (χ1n) is 7.14. The van der Waals surface area contributed by atoms with Gasteiger partial charge in [0.15, 0.2) is 0 Å². The van der Waals surface area contributed by atoms with Crippen LogP contribution in [0.25, 0.3) is 0 Å². The van der Waals surface area contributed by atoms with Crippen LogP contribution in [0.4, 0.5) is 0 Å². The Morgan fingerprint density at radius 1 is 1.14 bits per heavy atom. The second kappa shape index (κ2) is 8.38. The standard InChI is InChI=1S/C18H17N3O/c19-13-16-9-11-17(12-10-16)14-20-21-18(22)8-4-7-15-5-2-1-3-6-15/h1-3,5-6,9-12,14H,4,7-8H2,(H,21,22)/b20-14+. The molecule has 4 nitrogen and oxygen atoms in total. The monoisotopic (exact) mass is 291 g/mol. The number of nitrogens with one attached hydrogen (secondary N) is 1. The van der Waals surface area contributed by atoms with E-state index in [1.807, 2.05) is 18.2 Å². The number of rotatable bonds is 6. The Bertz CT molecular complexity index is 670. The number of aryl methyl sites for hydroxylation is 1. The van der Waals surface area contributed by atoms with Gasteiger partial charge in [-0.15, -0.1) is 0 Å². The maximum Gasteiger partial charge on any atom is 0.240 e. The van der Waals surface area contributed by atoms with Crippen LogP contribution in [0, 0.1) is 11.3 Å². The molecule has 22 heavy (non-hydrogen) atoms. The highest BCUT2D eigenvalue weighted by atomic mass is 16.2. The summed E-state index contributed by atoms with van der Waals surface area (Å²) in [7, 11) is 0. The second-order valence-corrected chi connectivity index (χ2v) is 4.87. The predicted molar refractivity (Wildman–Crippen MR) is 86.3 cm³/mol. The van der Waals surface area contributed by atoms with Gasteiger partial charge in [0.2, 0.25) is 5.91 Å². The van der Waals surface area contributed by atoms with Crippen molar-refractivity contribution in [2.24, 2.45) is 5.10 Å². The quantitative estimate of drug-likeness (QED) is 0.656. The topological polar surface area (TPSA) is 65.2 Å². The molecule has 0 aliphatic rings. The molecule has 0 bridgehead atoms. The van der Waals surface area contributed by atoms with Gasteiger partial charge >= 0.3 is 0 Å². The zero-order chi connectivity index (χ0) is 15.6. The molecule has 0 aliphatic heterocycles. The number of hydrogen-bond acceptors (Lipinski definition) is 3. The number of amides is 1. The largest absolute Gasteiger partial charge is 0.273 e. The molecule has 2 aromatic rings. The van der Waals surface area contributed by atoms with Gasteiger partial charge in [-0.05, 0) is 36.1 Å². The van der Waals surface area contributed by atoms with Crippen molar-refractivity contribution in [3.63, 3.8) is 0 Å². The lowest BCUT2D eigenvalue weighted by Crippen LogP contribution is -2.17. The van der Waals surface area contributed by atoms with E-state index < -0.39 is 0 Å². The Morgan fingerprint density at radius 2 is 1.86 bits per heavy atom. The maximum absolute atomic E-state index is 11.7. The van der Waals surface area contributed by atoms with Crippen molar-refractivity contribution in [3.8, 4) is 6.07 Å². The molecule has 0 aliphatic carbocycles. The number of carbonyl (C=O) groups excluding carboxylic acids is 1. The minimum Gasteiger partial charge on any atom is -0.273 e. The summed E-state index contributed by atoms with van der Waals surface area (Å²) in [5.41, 5.74) is 5.18. The number of hydrogen-bond donors (Lipinski definition) is 1. The van der Waals surface area contributed by atoms with E-state index in [0.29, 0.717) is 12.0 Å². The zero-order valence-corrected chi connectivity index (χ0v) is 12.2. The molecule has 0 spiro atoms. The van der Waals surface area contributed by atoms with Gasteiger partial charge in [-0.2, -0.15) is 10.4 Å². The summed E-state index contributed by atoms with van der Waals surface area (Å²) in [6.45, 7) is 0. The number of nitrogens with zero attached hydrogens (tertiary/aromatic N) is 2. The normalized spacial score (nSPS) is 10.3. The van der Waals surface area contributed by atoms with Gasteiger partial charge < -0.3 is 0 Å². The summed E-state index contributed by atoms with van der Waals surface area (Å²) < 4.78 is 0. The average Bonchev–Trinajstić information content (AvgIpc) is 2.56. The first kappa shape index (κ1) is 15.5. The Kier molecular flexibility index (Phi) is 5.89. The summed E-state index contributed by atoms with van der Waals surface area (Å²) in [6, 6.07) is 19.1. The van der Waals surface area contributed by atoms with Gasteiger partial charge in [0.25, 0.3) is 0 Å². The number of nitriles is 1. The SMILES string of the molecule is N#Cc1ccc(/C=N/NC(=O)CCCc2ccccc2)cc1. The van der Waals surface area contributed by atoms with Crippen molar-refractivity contribution in [1.29, 1.82) is 5.26 Å². The minimum atomic E-state index is -0.0965. The van der Waals surface area contributed by atoms with Crippen LogP contribution in [0.15, 0.2) is 59.7 Å². The molecule has 2 aromatic carbocycles. The Balaban J connectivity index is 1.70. The van der Waals surface area contributed by atoms with E-state index in [9.17, 15) is 4.79 Å². The molecule has 0 aromatic heterocycles. The summed E-state index contributed by atoms with van der Waals surface area (Å²) in [4.78, 5) is 11.7. The highest BCUT2D eigenvalue weighted by Crippen LogP contribution is 2.04. The van der Waals surface area contributed by atoms with Crippen molar-refractivity contribution in [3.05, 3.63) is 71.3 Å². The lowest BCUT2D eigenvalue weighted by Gasteiger charge is -2.01. The van der Waals surface area contributed by atoms with Crippen molar-refractivity contribution in [1.82, 2.24) is 5.43 Å². The average molecular weight is 291 g/mol. The first-order valence-corrected chi connectivity index (χ1v) is 7.14. The van der Waals surface area contributed by atoms with E-state index >= 15 is 0 Å².